The van der Waals surface area contributed by atoms with Gasteiger partial charge in [-0.15, -0.1) is 0 Å². The van der Waals surface area contributed by atoms with Crippen molar-refractivity contribution in [3.05, 3.63) is 70.7 Å². The lowest BCUT2D eigenvalue weighted by molar-refractivity contribution is -0.142. The zero-order valence-electron chi connectivity index (χ0n) is 21.4. The zero-order chi connectivity index (χ0) is 27.0. The van der Waals surface area contributed by atoms with E-state index in [-0.39, 0.29) is 41.7 Å². The van der Waals surface area contributed by atoms with Crippen LogP contribution in [0.4, 0.5) is 13.2 Å². The number of piperidine rings is 1. The Morgan fingerprint density at radius 2 is 1.89 bits per heavy atom. The molecule has 5 rings (SSSR count). The number of carbonyl (C=O) groups excluding carboxylic acids is 2. The number of rotatable bonds is 5. The summed E-state index contributed by atoms with van der Waals surface area (Å²) in [5, 5.41) is 3.54. The van der Waals surface area contributed by atoms with Gasteiger partial charge in [0.25, 0.3) is 5.91 Å². The summed E-state index contributed by atoms with van der Waals surface area (Å²) >= 11 is 0. The highest BCUT2D eigenvalue weighted by Crippen LogP contribution is 2.35. The molecule has 0 radical (unpaired) electrons. The highest BCUT2D eigenvalue weighted by molar-refractivity contribution is 5.92. The molecule has 2 aromatic heterocycles. The number of likely N-dealkylation sites (tertiary alicyclic amines) is 1. The Morgan fingerprint density at radius 1 is 1.16 bits per heavy atom. The van der Waals surface area contributed by atoms with Gasteiger partial charge in [0.05, 0.1) is 6.04 Å². The van der Waals surface area contributed by atoms with Gasteiger partial charge in [-0.3, -0.25) is 14.3 Å². The smallest absolute Gasteiger partial charge is 0.435 e. The van der Waals surface area contributed by atoms with Crippen molar-refractivity contribution in [2.45, 2.75) is 63.7 Å². The average molecular weight is 530 g/mol. The summed E-state index contributed by atoms with van der Waals surface area (Å²) in [5.41, 5.74) is 1.98. The molecule has 0 spiro atoms. The van der Waals surface area contributed by atoms with Crippen LogP contribution in [0, 0.1) is 6.92 Å². The van der Waals surface area contributed by atoms with Crippen LogP contribution in [0.15, 0.2) is 41.0 Å². The van der Waals surface area contributed by atoms with Crippen LogP contribution in [0.1, 0.15) is 76.5 Å². The van der Waals surface area contributed by atoms with E-state index < -0.39 is 11.9 Å². The van der Waals surface area contributed by atoms with Crippen molar-refractivity contribution >= 4 is 11.8 Å². The number of carbonyl (C=O) groups is 2. The molecule has 1 saturated heterocycles. The third-order valence-corrected chi connectivity index (χ3v) is 7.62. The fraction of sp³-hybridized carbons (Fsp3) is 0.481. The van der Waals surface area contributed by atoms with Crippen LogP contribution in [0.3, 0.4) is 0 Å². The van der Waals surface area contributed by atoms with E-state index in [1.165, 1.54) is 24.3 Å². The number of alkyl halides is 3. The standard InChI is InChI=1S/C27H30F3N5O3/c1-17-14-23(27(28,29)30)32-35(17)15-24(36)34-12-10-19(11-13-34)25-31-21(16-38-25)26(37)33(2)22-9-5-7-18-6-3-4-8-20(18)22/h3-4,6,8,14,16,19,22H,5,7,9-13,15H2,1-2H3/t22-/m1/s1. The fourth-order valence-corrected chi connectivity index (χ4v) is 5.44. The molecule has 2 aliphatic rings. The lowest BCUT2D eigenvalue weighted by atomic mass is 9.87. The number of hydrogen-bond donors (Lipinski definition) is 0. The Morgan fingerprint density at radius 3 is 2.61 bits per heavy atom. The van der Waals surface area contributed by atoms with Gasteiger partial charge in [0, 0.05) is 31.7 Å². The number of benzene rings is 1. The molecule has 3 heterocycles. The molecule has 1 aliphatic carbocycles. The molecule has 0 bridgehead atoms. The number of nitrogens with zero attached hydrogens (tertiary/aromatic N) is 5. The minimum Gasteiger partial charge on any atom is -0.448 e. The average Bonchev–Trinajstić information content (AvgIpc) is 3.55. The Hall–Kier alpha value is -3.63. The summed E-state index contributed by atoms with van der Waals surface area (Å²) in [5.74, 6) is -0.0663. The summed E-state index contributed by atoms with van der Waals surface area (Å²) in [6, 6.07) is 9.14. The topological polar surface area (TPSA) is 84.5 Å². The van der Waals surface area contributed by atoms with Crippen molar-refractivity contribution in [1.82, 2.24) is 24.6 Å². The molecular formula is C27H30F3N5O3. The van der Waals surface area contributed by atoms with Crippen molar-refractivity contribution in [3.8, 4) is 0 Å². The molecule has 0 unspecified atom stereocenters. The third-order valence-electron chi connectivity index (χ3n) is 7.62. The predicted octanol–water partition coefficient (Wildman–Crippen LogP) is 4.75. The van der Waals surface area contributed by atoms with Crippen LogP contribution in [-0.4, -0.2) is 56.5 Å². The van der Waals surface area contributed by atoms with E-state index in [1.807, 2.05) is 12.1 Å². The Labute approximate surface area is 218 Å². The predicted molar refractivity (Wildman–Crippen MR) is 131 cm³/mol. The number of hydrogen-bond acceptors (Lipinski definition) is 5. The van der Waals surface area contributed by atoms with E-state index in [2.05, 4.69) is 22.2 Å². The van der Waals surface area contributed by atoms with Crippen molar-refractivity contribution in [2.24, 2.45) is 0 Å². The summed E-state index contributed by atoms with van der Waals surface area (Å²) in [6.45, 7) is 2.08. The van der Waals surface area contributed by atoms with E-state index in [4.69, 9.17) is 4.42 Å². The lowest BCUT2D eigenvalue weighted by Gasteiger charge is -2.33. The van der Waals surface area contributed by atoms with E-state index >= 15 is 0 Å². The number of amides is 2. The molecule has 202 valence electrons. The molecule has 1 aliphatic heterocycles. The summed E-state index contributed by atoms with van der Waals surface area (Å²) in [6.07, 6.45) is 0.939. The lowest BCUT2D eigenvalue weighted by Crippen LogP contribution is -2.40. The van der Waals surface area contributed by atoms with Gasteiger partial charge in [-0.25, -0.2) is 4.98 Å². The molecule has 11 heteroatoms. The van der Waals surface area contributed by atoms with E-state index in [1.54, 1.807) is 16.8 Å². The first-order chi connectivity index (χ1) is 18.1. The monoisotopic (exact) mass is 529 g/mol. The molecule has 38 heavy (non-hydrogen) atoms. The maximum atomic E-state index is 13.2. The number of aryl methyl sites for hydroxylation is 2. The molecule has 1 aromatic carbocycles. The molecule has 8 nitrogen and oxygen atoms in total. The van der Waals surface area contributed by atoms with Gasteiger partial charge in [0.1, 0.15) is 12.8 Å². The second kappa shape index (κ2) is 10.3. The quantitative estimate of drug-likeness (QED) is 0.476. The number of aromatic nitrogens is 3. The molecule has 1 atom stereocenters. The highest BCUT2D eigenvalue weighted by atomic mass is 19.4. The van der Waals surface area contributed by atoms with Gasteiger partial charge < -0.3 is 14.2 Å². The summed E-state index contributed by atoms with van der Waals surface area (Å²) in [7, 11) is 1.80. The molecule has 0 saturated carbocycles. The second-order valence-electron chi connectivity index (χ2n) is 10.1. The Bertz CT molecular complexity index is 1320. The number of oxazole rings is 1. The zero-order valence-corrected chi connectivity index (χ0v) is 21.4. The Balaban J connectivity index is 1.18. The summed E-state index contributed by atoms with van der Waals surface area (Å²) < 4.78 is 45.5. The minimum absolute atomic E-state index is 0.00696. The van der Waals surface area contributed by atoms with Crippen molar-refractivity contribution < 1.29 is 27.2 Å². The normalized spacial score (nSPS) is 18.3. The molecule has 1 fully saturated rings. The van der Waals surface area contributed by atoms with Gasteiger partial charge in [0.15, 0.2) is 17.3 Å². The van der Waals surface area contributed by atoms with E-state index in [0.29, 0.717) is 31.8 Å². The van der Waals surface area contributed by atoms with Crippen LogP contribution in [0.25, 0.3) is 0 Å². The van der Waals surface area contributed by atoms with Crippen LogP contribution >= 0.6 is 0 Å². The SMILES string of the molecule is Cc1cc(C(F)(F)F)nn1CC(=O)N1CCC(c2nc(C(=O)N(C)[C@@H]3CCCc4ccccc43)co2)CC1. The Kier molecular flexibility index (Phi) is 7.02. The maximum Gasteiger partial charge on any atom is 0.435 e. The molecule has 2 amide bonds. The molecule has 3 aromatic rings. The third kappa shape index (κ3) is 5.19. The van der Waals surface area contributed by atoms with E-state index in [9.17, 15) is 22.8 Å². The van der Waals surface area contributed by atoms with Crippen LogP contribution in [0.5, 0.6) is 0 Å². The number of fused-ring (bicyclic) bond motifs is 1. The van der Waals surface area contributed by atoms with Gasteiger partial charge in [-0.2, -0.15) is 18.3 Å². The first-order valence-electron chi connectivity index (χ1n) is 12.8. The van der Waals surface area contributed by atoms with Gasteiger partial charge >= 0.3 is 6.18 Å². The van der Waals surface area contributed by atoms with Gasteiger partial charge in [-0.1, -0.05) is 24.3 Å². The van der Waals surface area contributed by atoms with Crippen molar-refractivity contribution in [1.29, 1.82) is 0 Å². The largest absolute Gasteiger partial charge is 0.448 e. The van der Waals surface area contributed by atoms with Crippen LogP contribution < -0.4 is 0 Å². The molecular weight excluding hydrogens is 499 g/mol. The van der Waals surface area contributed by atoms with E-state index in [0.717, 1.165) is 30.0 Å². The summed E-state index contributed by atoms with van der Waals surface area (Å²) in [4.78, 5) is 33.8. The maximum absolute atomic E-state index is 13.2. The minimum atomic E-state index is -4.55. The fourth-order valence-electron chi connectivity index (χ4n) is 5.44. The first kappa shape index (κ1) is 26.0. The van der Waals surface area contributed by atoms with Crippen LogP contribution in [0.2, 0.25) is 0 Å². The van der Waals surface area contributed by atoms with Gasteiger partial charge in [0.2, 0.25) is 5.91 Å². The first-order valence-corrected chi connectivity index (χ1v) is 12.8. The molecule has 0 N–H and O–H groups in total. The van der Waals surface area contributed by atoms with Gasteiger partial charge in [-0.05, 0) is 56.2 Å². The van der Waals surface area contributed by atoms with Crippen molar-refractivity contribution in [2.75, 3.05) is 20.1 Å². The second-order valence-corrected chi connectivity index (χ2v) is 10.1. The van der Waals surface area contributed by atoms with Crippen LogP contribution in [-0.2, 0) is 23.9 Å². The number of halogens is 3. The van der Waals surface area contributed by atoms with Crippen molar-refractivity contribution in [3.63, 3.8) is 0 Å². The highest BCUT2D eigenvalue weighted by Gasteiger charge is 2.35.